The largest absolute Gasteiger partial charge is 0.326 e. The van der Waals surface area contributed by atoms with Crippen molar-refractivity contribution in [2.24, 2.45) is 0 Å². The molecule has 2 amide bonds. The Hall–Kier alpha value is -3.74. The van der Waals surface area contributed by atoms with Crippen molar-refractivity contribution in [2.75, 3.05) is 16.0 Å². The van der Waals surface area contributed by atoms with Gasteiger partial charge in [0.25, 0.3) is 5.91 Å². The average molecular weight is 389 g/mol. The minimum atomic E-state index is -0.298. The average Bonchev–Trinajstić information content (AvgIpc) is 2.66. The molecule has 1 aromatic heterocycles. The van der Waals surface area contributed by atoms with Gasteiger partial charge in [-0.05, 0) is 68.3 Å². The number of aryl methyl sites for hydroxylation is 2. The lowest BCUT2D eigenvalue weighted by Gasteiger charge is -2.12. The first-order valence-electron chi connectivity index (χ1n) is 9.20. The summed E-state index contributed by atoms with van der Waals surface area (Å²) in [6.45, 7) is 7.23. The highest BCUT2D eigenvalue weighted by Gasteiger charge is 2.13. The molecule has 0 radical (unpaired) electrons. The van der Waals surface area contributed by atoms with Crippen LogP contribution < -0.4 is 16.0 Å². The summed E-state index contributed by atoms with van der Waals surface area (Å²) >= 11 is 0. The molecule has 0 aliphatic carbocycles. The van der Waals surface area contributed by atoms with Crippen LogP contribution in [0.2, 0.25) is 0 Å². The number of nitrogens with zero attached hydrogens (tertiary/aromatic N) is 2. The smallest absolute Gasteiger partial charge is 0.274 e. The zero-order valence-electron chi connectivity index (χ0n) is 16.8. The Morgan fingerprint density at radius 2 is 1.55 bits per heavy atom. The lowest BCUT2D eigenvalue weighted by atomic mass is 10.1. The van der Waals surface area contributed by atoms with E-state index in [-0.39, 0.29) is 17.5 Å². The number of benzene rings is 2. The van der Waals surface area contributed by atoms with Gasteiger partial charge < -0.3 is 16.0 Å². The predicted octanol–water partition coefficient (Wildman–Crippen LogP) is 4.36. The zero-order valence-corrected chi connectivity index (χ0v) is 16.8. The van der Waals surface area contributed by atoms with E-state index in [2.05, 4.69) is 25.9 Å². The van der Waals surface area contributed by atoms with E-state index in [0.29, 0.717) is 17.3 Å². The number of anilines is 4. The van der Waals surface area contributed by atoms with Crippen molar-refractivity contribution in [1.29, 1.82) is 0 Å². The quantitative estimate of drug-likeness (QED) is 0.603. The SMILES string of the molecule is CC(=O)Nc1ccc(Nc2nc(C)cc(C(=O)Nc3cccc(C)c3C)n2)cc1. The molecule has 7 heteroatoms. The normalized spacial score (nSPS) is 10.3. The third kappa shape index (κ3) is 5.16. The van der Waals surface area contributed by atoms with Crippen LogP contribution in [0.3, 0.4) is 0 Å². The molecule has 7 nitrogen and oxygen atoms in total. The van der Waals surface area contributed by atoms with Gasteiger partial charge in [0, 0.05) is 29.7 Å². The van der Waals surface area contributed by atoms with Gasteiger partial charge in [-0.1, -0.05) is 12.1 Å². The summed E-state index contributed by atoms with van der Waals surface area (Å²) in [7, 11) is 0. The molecule has 0 spiro atoms. The van der Waals surface area contributed by atoms with Crippen molar-refractivity contribution in [1.82, 2.24) is 9.97 Å². The molecule has 2 aromatic carbocycles. The second-order valence-corrected chi connectivity index (χ2v) is 6.80. The summed E-state index contributed by atoms with van der Waals surface area (Å²) in [5.74, 6) is -0.108. The van der Waals surface area contributed by atoms with E-state index >= 15 is 0 Å². The van der Waals surface area contributed by atoms with Crippen LogP contribution in [0.25, 0.3) is 0 Å². The zero-order chi connectivity index (χ0) is 21.0. The Kier molecular flexibility index (Phi) is 5.87. The highest BCUT2D eigenvalue weighted by atomic mass is 16.2. The Labute approximate surface area is 169 Å². The molecule has 3 N–H and O–H groups in total. The fraction of sp³-hybridized carbons (Fsp3) is 0.182. The third-order valence-corrected chi connectivity index (χ3v) is 4.40. The van der Waals surface area contributed by atoms with Crippen LogP contribution in [0, 0.1) is 20.8 Å². The Morgan fingerprint density at radius 3 is 2.24 bits per heavy atom. The molecule has 0 fully saturated rings. The summed E-state index contributed by atoms with van der Waals surface area (Å²) in [6.07, 6.45) is 0. The van der Waals surface area contributed by atoms with E-state index < -0.39 is 0 Å². The molecule has 148 valence electrons. The van der Waals surface area contributed by atoms with Crippen molar-refractivity contribution in [3.63, 3.8) is 0 Å². The molecule has 0 aliphatic heterocycles. The summed E-state index contributed by atoms with van der Waals surface area (Å²) in [5.41, 5.74) is 5.26. The first-order chi connectivity index (χ1) is 13.8. The van der Waals surface area contributed by atoms with Crippen molar-refractivity contribution in [2.45, 2.75) is 27.7 Å². The number of hydrogen-bond acceptors (Lipinski definition) is 5. The third-order valence-electron chi connectivity index (χ3n) is 4.40. The number of rotatable bonds is 5. The van der Waals surface area contributed by atoms with Crippen molar-refractivity contribution in [3.05, 3.63) is 71.0 Å². The van der Waals surface area contributed by atoms with Crippen LogP contribution in [0.1, 0.15) is 34.2 Å². The van der Waals surface area contributed by atoms with E-state index in [4.69, 9.17) is 0 Å². The molecule has 3 aromatic rings. The second-order valence-electron chi connectivity index (χ2n) is 6.80. The molecule has 1 heterocycles. The van der Waals surface area contributed by atoms with Crippen LogP contribution in [0.5, 0.6) is 0 Å². The van der Waals surface area contributed by atoms with Gasteiger partial charge in [-0.2, -0.15) is 0 Å². The lowest BCUT2D eigenvalue weighted by Crippen LogP contribution is -2.16. The lowest BCUT2D eigenvalue weighted by molar-refractivity contribution is -0.114. The summed E-state index contributed by atoms with van der Waals surface area (Å²) in [4.78, 5) is 32.5. The van der Waals surface area contributed by atoms with Gasteiger partial charge >= 0.3 is 0 Å². The molecular weight excluding hydrogens is 366 g/mol. The monoisotopic (exact) mass is 389 g/mol. The van der Waals surface area contributed by atoms with Crippen molar-refractivity contribution < 1.29 is 9.59 Å². The van der Waals surface area contributed by atoms with E-state index in [1.807, 2.05) is 32.0 Å². The molecule has 0 bridgehead atoms. The van der Waals surface area contributed by atoms with E-state index in [1.54, 1.807) is 37.3 Å². The van der Waals surface area contributed by atoms with Gasteiger partial charge in [0.2, 0.25) is 11.9 Å². The first kappa shape index (κ1) is 20.0. The first-order valence-corrected chi connectivity index (χ1v) is 9.20. The Balaban J connectivity index is 1.78. The summed E-state index contributed by atoms with van der Waals surface area (Å²) in [5, 5.41) is 8.71. The Bertz CT molecular complexity index is 1060. The second kappa shape index (κ2) is 8.52. The fourth-order valence-corrected chi connectivity index (χ4v) is 2.78. The standard InChI is InChI=1S/C22H23N5O2/c1-13-6-5-7-19(15(13)3)26-21(29)20-12-14(2)23-22(27-20)25-18-10-8-17(9-11-18)24-16(4)28/h5-12H,1-4H3,(H,24,28)(H,26,29)(H,23,25,27). The van der Waals surface area contributed by atoms with E-state index in [0.717, 1.165) is 22.5 Å². The highest BCUT2D eigenvalue weighted by Crippen LogP contribution is 2.20. The van der Waals surface area contributed by atoms with Gasteiger partial charge in [-0.25, -0.2) is 9.97 Å². The topological polar surface area (TPSA) is 96.0 Å². The van der Waals surface area contributed by atoms with Gasteiger partial charge in [0.1, 0.15) is 5.69 Å². The van der Waals surface area contributed by atoms with E-state index in [9.17, 15) is 9.59 Å². The molecule has 3 rings (SSSR count). The Morgan fingerprint density at radius 1 is 0.862 bits per heavy atom. The maximum atomic E-state index is 12.7. The summed E-state index contributed by atoms with van der Waals surface area (Å²) in [6, 6.07) is 14.6. The van der Waals surface area contributed by atoms with Crippen LogP contribution in [-0.2, 0) is 4.79 Å². The number of carbonyl (C=O) groups is 2. The van der Waals surface area contributed by atoms with E-state index in [1.165, 1.54) is 6.92 Å². The number of carbonyl (C=O) groups excluding carboxylic acids is 2. The maximum absolute atomic E-state index is 12.7. The fourth-order valence-electron chi connectivity index (χ4n) is 2.78. The van der Waals surface area contributed by atoms with Gasteiger partial charge in [0.15, 0.2) is 0 Å². The van der Waals surface area contributed by atoms with Crippen LogP contribution in [-0.4, -0.2) is 21.8 Å². The van der Waals surface area contributed by atoms with Crippen LogP contribution >= 0.6 is 0 Å². The number of amides is 2. The maximum Gasteiger partial charge on any atom is 0.274 e. The number of nitrogens with one attached hydrogen (secondary N) is 3. The van der Waals surface area contributed by atoms with Crippen LogP contribution in [0.15, 0.2) is 48.5 Å². The molecule has 0 aliphatic rings. The molecule has 0 unspecified atom stereocenters. The number of aromatic nitrogens is 2. The van der Waals surface area contributed by atoms with Crippen molar-refractivity contribution in [3.8, 4) is 0 Å². The predicted molar refractivity (Wildman–Crippen MR) is 115 cm³/mol. The van der Waals surface area contributed by atoms with Gasteiger partial charge in [-0.15, -0.1) is 0 Å². The minimum absolute atomic E-state index is 0.132. The molecule has 0 atom stereocenters. The number of hydrogen-bond donors (Lipinski definition) is 3. The molecule has 0 saturated heterocycles. The van der Waals surface area contributed by atoms with Crippen LogP contribution in [0.4, 0.5) is 23.0 Å². The molecular formula is C22H23N5O2. The molecule has 0 saturated carbocycles. The molecule has 29 heavy (non-hydrogen) atoms. The van der Waals surface area contributed by atoms with Gasteiger partial charge in [0.05, 0.1) is 0 Å². The van der Waals surface area contributed by atoms with Gasteiger partial charge in [-0.3, -0.25) is 9.59 Å². The highest BCUT2D eigenvalue weighted by molar-refractivity contribution is 6.03. The minimum Gasteiger partial charge on any atom is -0.326 e. The summed E-state index contributed by atoms with van der Waals surface area (Å²) < 4.78 is 0. The van der Waals surface area contributed by atoms with Crippen molar-refractivity contribution >= 4 is 34.8 Å².